The Labute approximate surface area is 200 Å². The van der Waals surface area contributed by atoms with Gasteiger partial charge in [-0.25, -0.2) is 13.6 Å². The number of alkyl halides is 1. The van der Waals surface area contributed by atoms with Crippen LogP contribution in [0.3, 0.4) is 0 Å². The van der Waals surface area contributed by atoms with E-state index in [9.17, 15) is 14.3 Å². The highest BCUT2D eigenvalue weighted by molar-refractivity contribution is 5.80. The van der Waals surface area contributed by atoms with Gasteiger partial charge in [-0.05, 0) is 105 Å². The van der Waals surface area contributed by atoms with Gasteiger partial charge >= 0.3 is 5.97 Å². The molecule has 6 heteroatoms. The summed E-state index contributed by atoms with van der Waals surface area (Å²) in [7, 11) is 1.59. The Balaban J connectivity index is 1.39. The Bertz CT molecular complexity index is 1020. The van der Waals surface area contributed by atoms with Crippen LogP contribution in [0.2, 0.25) is 0 Å². The lowest BCUT2D eigenvalue weighted by Crippen LogP contribution is -2.51. The predicted octanol–water partition coefficient (Wildman–Crippen LogP) is 6.67. The molecule has 0 amide bonds. The highest BCUT2D eigenvalue weighted by Crippen LogP contribution is 2.55. The third-order valence-corrected chi connectivity index (χ3v) is 8.18. The second-order valence-corrected chi connectivity index (χ2v) is 10.2. The molecule has 184 valence electrons. The minimum absolute atomic E-state index is 0.00105. The highest BCUT2D eigenvalue weighted by atomic mass is 19.1. The summed E-state index contributed by atoms with van der Waals surface area (Å²) in [6.07, 6.45) is 5.29. The zero-order chi connectivity index (χ0) is 24.5. The first-order valence-corrected chi connectivity index (χ1v) is 12.2. The van der Waals surface area contributed by atoms with Crippen LogP contribution in [0.5, 0.6) is 11.5 Å². The summed E-state index contributed by atoms with van der Waals surface area (Å²) < 4.78 is 41.1. The molecule has 2 aliphatic rings. The van der Waals surface area contributed by atoms with Crippen LogP contribution in [0.15, 0.2) is 42.5 Å². The number of ether oxygens (including phenoxy) is 2. The zero-order valence-corrected chi connectivity index (χ0v) is 20.2. The van der Waals surface area contributed by atoms with E-state index in [4.69, 9.17) is 9.47 Å². The molecular weight excluding hydrogens is 438 g/mol. The van der Waals surface area contributed by atoms with Crippen molar-refractivity contribution in [3.05, 3.63) is 59.4 Å². The molecule has 2 atom stereocenters. The van der Waals surface area contributed by atoms with E-state index >= 15 is 4.39 Å². The van der Waals surface area contributed by atoms with Gasteiger partial charge in [-0.15, -0.1) is 0 Å². The summed E-state index contributed by atoms with van der Waals surface area (Å²) in [5.74, 6) is 0.218. The molecule has 0 radical (unpaired) electrons. The van der Waals surface area contributed by atoms with E-state index in [0.717, 1.165) is 44.1 Å². The molecule has 1 N–H and O–H groups in total. The second-order valence-electron chi connectivity index (χ2n) is 10.2. The third-order valence-electron chi connectivity index (χ3n) is 8.18. The molecule has 0 heterocycles. The Hall–Kier alpha value is -2.63. The van der Waals surface area contributed by atoms with Crippen molar-refractivity contribution >= 4 is 5.97 Å². The van der Waals surface area contributed by atoms with Gasteiger partial charge in [0, 0.05) is 5.41 Å². The van der Waals surface area contributed by atoms with Crippen LogP contribution in [0.1, 0.15) is 69.4 Å². The molecule has 2 aliphatic carbocycles. The molecule has 4 rings (SSSR count). The quantitative estimate of drug-likeness (QED) is 0.443. The molecule has 0 bridgehead atoms. The first-order valence-electron chi connectivity index (χ1n) is 12.2. The molecule has 2 fully saturated rings. The Morgan fingerprint density at radius 3 is 2.35 bits per heavy atom. The van der Waals surface area contributed by atoms with Gasteiger partial charge in [0.25, 0.3) is 0 Å². The number of methoxy groups -OCH3 is 1. The maximum atomic E-state index is 15.4. The zero-order valence-electron chi connectivity index (χ0n) is 20.2. The molecule has 0 saturated heterocycles. The summed E-state index contributed by atoms with van der Waals surface area (Å²) in [6.45, 7) is 3.42. The summed E-state index contributed by atoms with van der Waals surface area (Å²) >= 11 is 0. The van der Waals surface area contributed by atoms with Gasteiger partial charge in [-0.1, -0.05) is 19.1 Å². The minimum Gasteiger partial charge on any atom is -0.497 e. The number of hydrogen-bond acceptors (Lipinski definition) is 3. The van der Waals surface area contributed by atoms with E-state index in [1.54, 1.807) is 38.3 Å². The van der Waals surface area contributed by atoms with Gasteiger partial charge in [-0.2, -0.15) is 0 Å². The molecule has 2 aromatic carbocycles. The lowest BCUT2D eigenvalue weighted by Gasteiger charge is -2.39. The Morgan fingerprint density at radius 2 is 1.74 bits per heavy atom. The van der Waals surface area contributed by atoms with Crippen molar-refractivity contribution in [2.24, 2.45) is 11.8 Å². The van der Waals surface area contributed by atoms with Crippen LogP contribution in [0.4, 0.5) is 8.78 Å². The molecule has 34 heavy (non-hydrogen) atoms. The molecule has 4 nitrogen and oxygen atoms in total. The number of carboxylic acid groups (broad SMARTS) is 1. The maximum Gasteiger partial charge on any atom is 0.342 e. The number of benzene rings is 2. The fourth-order valence-corrected chi connectivity index (χ4v) is 5.50. The van der Waals surface area contributed by atoms with Crippen LogP contribution < -0.4 is 9.47 Å². The van der Waals surface area contributed by atoms with Crippen molar-refractivity contribution in [2.45, 2.75) is 69.4 Å². The van der Waals surface area contributed by atoms with E-state index < -0.39 is 17.1 Å². The topological polar surface area (TPSA) is 55.8 Å². The van der Waals surface area contributed by atoms with Crippen molar-refractivity contribution in [3.63, 3.8) is 0 Å². The monoisotopic (exact) mass is 472 g/mol. The van der Waals surface area contributed by atoms with Crippen LogP contribution >= 0.6 is 0 Å². The highest BCUT2D eigenvalue weighted by Gasteiger charge is 2.59. The third kappa shape index (κ3) is 4.64. The van der Waals surface area contributed by atoms with Gasteiger partial charge in [-0.3, -0.25) is 0 Å². The number of carboxylic acids is 1. The largest absolute Gasteiger partial charge is 0.497 e. The number of carbonyl (C=O) groups is 1. The standard InChI is InChI=1S/C28H34F2O4/c1-27(20-11-12-20,28(2,30)26(31)32)21-5-4-6-23(15-21)34-17-18-7-9-19(10-8-18)24-16-22(33-3)13-14-25(24)29/h4-6,13-16,18-20H,7-12,17H2,1-3H3,(H,31,32)/t18?,19?,27?,28-/m0/s1. The average molecular weight is 473 g/mol. The first kappa shape index (κ1) is 24.5. The lowest BCUT2D eigenvalue weighted by molar-refractivity contribution is -0.155. The van der Waals surface area contributed by atoms with E-state index in [-0.39, 0.29) is 17.7 Å². The maximum absolute atomic E-state index is 15.4. The van der Waals surface area contributed by atoms with E-state index in [1.807, 2.05) is 12.1 Å². The van der Waals surface area contributed by atoms with E-state index in [2.05, 4.69) is 0 Å². The Kier molecular flexibility index (Phi) is 6.88. The smallest absolute Gasteiger partial charge is 0.342 e. The van der Waals surface area contributed by atoms with Crippen LogP contribution in [0.25, 0.3) is 0 Å². The van der Waals surface area contributed by atoms with Crippen LogP contribution in [0, 0.1) is 17.7 Å². The number of rotatable bonds is 9. The predicted molar refractivity (Wildman–Crippen MR) is 127 cm³/mol. The van der Waals surface area contributed by atoms with Crippen LogP contribution in [-0.2, 0) is 10.2 Å². The SMILES string of the molecule is COc1ccc(F)c(C2CCC(COc3cccc(C(C)(C4CC4)[C@@](C)(F)C(=O)O)c3)CC2)c1. The fourth-order valence-electron chi connectivity index (χ4n) is 5.50. The molecule has 2 saturated carbocycles. The second kappa shape index (κ2) is 9.55. The van der Waals surface area contributed by atoms with Crippen molar-refractivity contribution in [2.75, 3.05) is 13.7 Å². The summed E-state index contributed by atoms with van der Waals surface area (Å²) in [5, 5.41) is 9.57. The fraction of sp³-hybridized carbons (Fsp3) is 0.536. The number of hydrogen-bond donors (Lipinski definition) is 1. The molecule has 0 aliphatic heterocycles. The molecule has 0 spiro atoms. The van der Waals surface area contributed by atoms with Crippen molar-refractivity contribution in [1.82, 2.24) is 0 Å². The van der Waals surface area contributed by atoms with Crippen molar-refractivity contribution in [3.8, 4) is 11.5 Å². The van der Waals surface area contributed by atoms with E-state index in [0.29, 0.717) is 29.6 Å². The van der Waals surface area contributed by atoms with E-state index in [1.165, 1.54) is 13.0 Å². The van der Waals surface area contributed by atoms with Gasteiger partial charge < -0.3 is 14.6 Å². The van der Waals surface area contributed by atoms with Gasteiger partial charge in [0.15, 0.2) is 0 Å². The van der Waals surface area contributed by atoms with Crippen molar-refractivity contribution < 1.29 is 28.2 Å². The molecule has 1 unspecified atom stereocenters. The molecular formula is C28H34F2O4. The average Bonchev–Trinajstić information content (AvgIpc) is 3.69. The van der Waals surface area contributed by atoms with Gasteiger partial charge in [0.05, 0.1) is 13.7 Å². The lowest BCUT2D eigenvalue weighted by atomic mass is 9.67. The number of halogens is 2. The summed E-state index contributed by atoms with van der Waals surface area (Å²) in [5.41, 5.74) is -2.10. The minimum atomic E-state index is -2.37. The summed E-state index contributed by atoms with van der Waals surface area (Å²) in [6, 6.07) is 12.2. The van der Waals surface area contributed by atoms with Gasteiger partial charge in [0.2, 0.25) is 5.67 Å². The first-order chi connectivity index (χ1) is 16.2. The molecule has 0 aromatic heterocycles. The van der Waals surface area contributed by atoms with Crippen molar-refractivity contribution in [1.29, 1.82) is 0 Å². The normalized spacial score (nSPS) is 24.0. The molecule has 2 aromatic rings. The Morgan fingerprint density at radius 1 is 1.03 bits per heavy atom. The van der Waals surface area contributed by atoms with Crippen LogP contribution in [-0.4, -0.2) is 30.5 Å². The number of aliphatic carboxylic acids is 1. The summed E-state index contributed by atoms with van der Waals surface area (Å²) in [4.78, 5) is 11.7. The van der Waals surface area contributed by atoms with Gasteiger partial charge in [0.1, 0.15) is 17.3 Å².